The van der Waals surface area contributed by atoms with Crippen molar-refractivity contribution in [1.29, 1.82) is 0 Å². The van der Waals surface area contributed by atoms with Gasteiger partial charge in [-0.15, -0.1) is 0 Å². The number of aryl methyl sites for hydroxylation is 2. The summed E-state index contributed by atoms with van der Waals surface area (Å²) in [6.07, 6.45) is 0. The van der Waals surface area contributed by atoms with Gasteiger partial charge in [-0.2, -0.15) is 0 Å². The lowest BCUT2D eigenvalue weighted by Gasteiger charge is -2.06. The number of rotatable bonds is 0. The molecule has 0 amide bonds. The van der Waals surface area contributed by atoms with Gasteiger partial charge in [-0.1, -0.05) is 23.7 Å². The molecule has 0 saturated heterocycles. The van der Waals surface area contributed by atoms with Crippen LogP contribution in [0.5, 0.6) is 0 Å². The summed E-state index contributed by atoms with van der Waals surface area (Å²) in [6, 6.07) is 5.98. The van der Waals surface area contributed by atoms with Gasteiger partial charge in [-0.05, 0) is 31.0 Å². The summed E-state index contributed by atoms with van der Waals surface area (Å²) in [5, 5.41) is 1.46. The van der Waals surface area contributed by atoms with Crippen molar-refractivity contribution in [2.75, 3.05) is 5.73 Å². The molecule has 0 aliphatic rings. The summed E-state index contributed by atoms with van der Waals surface area (Å²) in [5.74, 6) is 0. The van der Waals surface area contributed by atoms with Gasteiger partial charge >= 0.3 is 0 Å². The molecule has 2 N–H and O–H groups in total. The normalized spacial score (nSPS) is 10.8. The summed E-state index contributed by atoms with van der Waals surface area (Å²) < 4.78 is 0. The van der Waals surface area contributed by atoms with Gasteiger partial charge in [-0.3, -0.25) is 0 Å². The van der Waals surface area contributed by atoms with E-state index in [0.717, 1.165) is 16.5 Å². The highest BCUT2D eigenvalue weighted by molar-refractivity contribution is 6.32. The van der Waals surface area contributed by atoms with E-state index in [1.807, 2.05) is 26.0 Å². The highest BCUT2D eigenvalue weighted by atomic mass is 35.5. The molecule has 0 aliphatic heterocycles. The van der Waals surface area contributed by atoms with E-state index in [0.29, 0.717) is 10.8 Å². The van der Waals surface area contributed by atoms with Gasteiger partial charge in [0.2, 0.25) is 0 Å². The van der Waals surface area contributed by atoms with Crippen LogP contribution in [-0.2, 0) is 0 Å². The fourth-order valence-electron chi connectivity index (χ4n) is 1.53. The van der Waals surface area contributed by atoms with Crippen LogP contribution in [0.15, 0.2) is 18.2 Å². The third-order valence-corrected chi connectivity index (χ3v) is 2.69. The highest BCUT2D eigenvalue weighted by Gasteiger charge is 2.05. The first-order valence-electron chi connectivity index (χ1n) is 4.41. The van der Waals surface area contributed by atoms with Gasteiger partial charge in [0.1, 0.15) is 0 Å². The van der Waals surface area contributed by atoms with E-state index in [2.05, 4.69) is 11.1 Å². The minimum absolute atomic E-state index is 0.381. The topological polar surface area (TPSA) is 38.9 Å². The number of pyridine rings is 1. The molecule has 1 aromatic heterocycles. The molecule has 0 spiro atoms. The van der Waals surface area contributed by atoms with Gasteiger partial charge in [0.25, 0.3) is 0 Å². The molecule has 14 heavy (non-hydrogen) atoms. The summed E-state index contributed by atoms with van der Waals surface area (Å²) >= 11 is 5.88. The molecule has 2 nitrogen and oxygen atoms in total. The first kappa shape index (κ1) is 9.28. The average Bonchev–Trinajstić information content (AvgIpc) is 2.15. The molecule has 1 aromatic carbocycles. The fraction of sp³-hybridized carbons (Fsp3) is 0.182. The molecule has 0 bridgehead atoms. The first-order chi connectivity index (χ1) is 6.59. The van der Waals surface area contributed by atoms with Crippen molar-refractivity contribution < 1.29 is 0 Å². The second-order valence-electron chi connectivity index (χ2n) is 3.46. The number of fused-ring (bicyclic) bond motifs is 1. The Labute approximate surface area is 87.7 Å². The minimum atomic E-state index is 0.381. The summed E-state index contributed by atoms with van der Waals surface area (Å²) in [7, 11) is 0. The molecular weight excluding hydrogens is 196 g/mol. The monoisotopic (exact) mass is 206 g/mol. The lowest BCUT2D eigenvalue weighted by molar-refractivity contribution is 1.35. The van der Waals surface area contributed by atoms with Crippen LogP contribution < -0.4 is 5.73 Å². The van der Waals surface area contributed by atoms with Crippen LogP contribution in [-0.4, -0.2) is 4.98 Å². The van der Waals surface area contributed by atoms with Crippen molar-refractivity contribution in [3.05, 3.63) is 34.5 Å². The maximum absolute atomic E-state index is 5.88. The quantitative estimate of drug-likeness (QED) is 0.673. The Balaban J connectivity index is 2.94. The minimum Gasteiger partial charge on any atom is -0.396 e. The lowest BCUT2D eigenvalue weighted by Crippen LogP contribution is -1.93. The van der Waals surface area contributed by atoms with Crippen molar-refractivity contribution in [2.45, 2.75) is 13.8 Å². The Morgan fingerprint density at radius 2 is 1.86 bits per heavy atom. The molecule has 0 saturated carbocycles. The van der Waals surface area contributed by atoms with E-state index in [1.54, 1.807) is 0 Å². The van der Waals surface area contributed by atoms with Gasteiger partial charge in [0.15, 0.2) is 5.15 Å². The van der Waals surface area contributed by atoms with Crippen molar-refractivity contribution >= 4 is 28.2 Å². The maximum atomic E-state index is 5.88. The van der Waals surface area contributed by atoms with Crippen LogP contribution in [0.3, 0.4) is 0 Å². The molecule has 2 aromatic rings. The van der Waals surface area contributed by atoms with Crippen molar-refractivity contribution in [3.8, 4) is 0 Å². The van der Waals surface area contributed by atoms with Crippen LogP contribution in [0, 0.1) is 13.8 Å². The van der Waals surface area contributed by atoms with Gasteiger partial charge < -0.3 is 5.73 Å². The van der Waals surface area contributed by atoms with Crippen molar-refractivity contribution in [2.24, 2.45) is 0 Å². The predicted octanol–water partition coefficient (Wildman–Crippen LogP) is 3.09. The number of hydrogen-bond donors (Lipinski definition) is 1. The third kappa shape index (κ3) is 1.32. The van der Waals surface area contributed by atoms with Gasteiger partial charge in [0.05, 0.1) is 11.2 Å². The second kappa shape index (κ2) is 3.14. The van der Waals surface area contributed by atoms with E-state index < -0.39 is 0 Å². The molecule has 0 unspecified atom stereocenters. The standard InChI is InChI=1S/C11H11ClN2/c1-6-3-4-7(2)10-8(6)5-9(13)11(12)14-10/h3-5H,13H2,1-2H3. The lowest BCUT2D eigenvalue weighted by atomic mass is 10.1. The number of nitrogen functional groups attached to an aromatic ring is 1. The third-order valence-electron chi connectivity index (χ3n) is 2.38. The predicted molar refractivity (Wildman–Crippen MR) is 60.6 cm³/mol. The zero-order valence-corrected chi connectivity index (χ0v) is 8.89. The second-order valence-corrected chi connectivity index (χ2v) is 3.82. The molecule has 3 heteroatoms. The van der Waals surface area contributed by atoms with Crippen LogP contribution in [0.4, 0.5) is 5.69 Å². The first-order valence-corrected chi connectivity index (χ1v) is 4.79. The number of benzene rings is 1. The Hall–Kier alpha value is -1.28. The number of anilines is 1. The van der Waals surface area contributed by atoms with Crippen molar-refractivity contribution in [1.82, 2.24) is 4.98 Å². The van der Waals surface area contributed by atoms with Gasteiger partial charge in [-0.25, -0.2) is 4.98 Å². The molecule has 2 rings (SSSR count). The number of halogens is 1. The zero-order valence-electron chi connectivity index (χ0n) is 8.13. The van der Waals surface area contributed by atoms with E-state index in [9.17, 15) is 0 Å². The van der Waals surface area contributed by atoms with E-state index in [1.165, 1.54) is 5.56 Å². The Morgan fingerprint density at radius 1 is 1.21 bits per heavy atom. The SMILES string of the molecule is Cc1ccc(C)c2nc(Cl)c(N)cc12. The van der Waals surface area contributed by atoms with Gasteiger partial charge in [0, 0.05) is 5.39 Å². The van der Waals surface area contributed by atoms with Crippen LogP contribution in [0.1, 0.15) is 11.1 Å². The molecule has 0 aliphatic carbocycles. The summed E-state index contributed by atoms with van der Waals surface area (Å²) in [4.78, 5) is 4.28. The smallest absolute Gasteiger partial charge is 0.152 e. The summed E-state index contributed by atoms with van der Waals surface area (Å²) in [5.41, 5.74) is 9.47. The Kier molecular flexibility index (Phi) is 2.08. The number of nitrogens with zero attached hydrogens (tertiary/aromatic N) is 1. The van der Waals surface area contributed by atoms with Crippen LogP contribution in [0.25, 0.3) is 10.9 Å². The van der Waals surface area contributed by atoms with Crippen molar-refractivity contribution in [3.63, 3.8) is 0 Å². The van der Waals surface area contributed by atoms with E-state index in [4.69, 9.17) is 17.3 Å². The molecule has 0 fully saturated rings. The molecular formula is C11H11ClN2. The largest absolute Gasteiger partial charge is 0.396 e. The number of hydrogen-bond acceptors (Lipinski definition) is 2. The molecule has 1 heterocycles. The highest BCUT2D eigenvalue weighted by Crippen LogP contribution is 2.26. The molecule has 72 valence electrons. The zero-order chi connectivity index (χ0) is 10.3. The van der Waals surface area contributed by atoms with Crippen LogP contribution in [0.2, 0.25) is 5.15 Å². The summed E-state index contributed by atoms with van der Waals surface area (Å²) in [6.45, 7) is 4.05. The number of nitrogens with two attached hydrogens (primary N) is 1. The molecule has 0 radical (unpaired) electrons. The van der Waals surface area contributed by atoms with E-state index in [-0.39, 0.29) is 0 Å². The number of aromatic nitrogens is 1. The molecule has 0 atom stereocenters. The fourth-order valence-corrected chi connectivity index (χ4v) is 1.67. The Bertz CT molecular complexity index is 460. The Morgan fingerprint density at radius 3 is 2.57 bits per heavy atom. The average molecular weight is 207 g/mol. The van der Waals surface area contributed by atoms with E-state index >= 15 is 0 Å². The maximum Gasteiger partial charge on any atom is 0.152 e. The van der Waals surface area contributed by atoms with Crippen LogP contribution >= 0.6 is 11.6 Å².